The summed E-state index contributed by atoms with van der Waals surface area (Å²) in [5.74, 6) is 1.27. The van der Waals surface area contributed by atoms with Crippen LogP contribution in [0.5, 0.6) is 0 Å². The first-order valence-corrected chi connectivity index (χ1v) is 6.63. The molecule has 1 aromatic heterocycles. The minimum absolute atomic E-state index is 0.612. The van der Waals surface area contributed by atoms with Crippen molar-refractivity contribution in [3.05, 3.63) is 30.1 Å². The Morgan fingerprint density at radius 1 is 1.41 bits per heavy atom. The zero-order valence-electron chi connectivity index (χ0n) is 10.7. The van der Waals surface area contributed by atoms with Crippen LogP contribution in [0.1, 0.15) is 31.4 Å². The summed E-state index contributed by atoms with van der Waals surface area (Å²) in [7, 11) is 0. The van der Waals surface area contributed by atoms with Crippen molar-refractivity contribution in [1.82, 2.24) is 9.88 Å². The Morgan fingerprint density at radius 3 is 2.76 bits per heavy atom. The lowest BCUT2D eigenvalue weighted by Crippen LogP contribution is -2.37. The van der Waals surface area contributed by atoms with Crippen molar-refractivity contribution in [2.45, 2.75) is 25.7 Å². The van der Waals surface area contributed by atoms with Crippen molar-refractivity contribution in [3.63, 3.8) is 0 Å². The van der Waals surface area contributed by atoms with Gasteiger partial charge in [-0.05, 0) is 50.5 Å². The van der Waals surface area contributed by atoms with Crippen LogP contribution < -0.4 is 5.73 Å². The summed E-state index contributed by atoms with van der Waals surface area (Å²) < 4.78 is 0. The largest absolute Gasteiger partial charge is 0.330 e. The fraction of sp³-hybridized carbons (Fsp3) is 0.643. The van der Waals surface area contributed by atoms with E-state index in [1.807, 2.05) is 12.3 Å². The summed E-state index contributed by atoms with van der Waals surface area (Å²) in [5, 5.41) is 0. The van der Waals surface area contributed by atoms with Gasteiger partial charge in [0.1, 0.15) is 0 Å². The number of nitrogens with zero attached hydrogens (tertiary/aromatic N) is 2. The van der Waals surface area contributed by atoms with Crippen LogP contribution in [-0.2, 0) is 0 Å². The molecule has 17 heavy (non-hydrogen) atoms. The quantitative estimate of drug-likeness (QED) is 0.863. The van der Waals surface area contributed by atoms with Gasteiger partial charge < -0.3 is 10.6 Å². The molecule has 0 saturated carbocycles. The number of piperidine rings is 1. The third-order valence-electron chi connectivity index (χ3n) is 3.67. The summed E-state index contributed by atoms with van der Waals surface area (Å²) in [5.41, 5.74) is 6.93. The van der Waals surface area contributed by atoms with Gasteiger partial charge in [-0.25, -0.2) is 0 Å². The van der Waals surface area contributed by atoms with Gasteiger partial charge in [0, 0.05) is 24.4 Å². The van der Waals surface area contributed by atoms with E-state index in [1.54, 1.807) is 0 Å². The van der Waals surface area contributed by atoms with Crippen LogP contribution in [0.25, 0.3) is 0 Å². The number of pyridine rings is 1. The molecule has 0 spiro atoms. The maximum Gasteiger partial charge on any atom is 0.0435 e. The van der Waals surface area contributed by atoms with Crippen molar-refractivity contribution in [2.75, 3.05) is 26.2 Å². The predicted molar refractivity (Wildman–Crippen MR) is 70.9 cm³/mol. The van der Waals surface area contributed by atoms with E-state index >= 15 is 0 Å². The summed E-state index contributed by atoms with van der Waals surface area (Å²) >= 11 is 0. The molecule has 0 aliphatic carbocycles. The fourth-order valence-corrected chi connectivity index (χ4v) is 2.54. The highest BCUT2D eigenvalue weighted by atomic mass is 15.1. The first-order chi connectivity index (χ1) is 8.29. The Morgan fingerprint density at radius 2 is 2.18 bits per heavy atom. The number of hydrogen-bond acceptors (Lipinski definition) is 3. The molecule has 2 rings (SSSR count). The number of aromatic nitrogens is 1. The van der Waals surface area contributed by atoms with E-state index in [9.17, 15) is 0 Å². The van der Waals surface area contributed by atoms with Gasteiger partial charge in [0.05, 0.1) is 0 Å². The lowest BCUT2D eigenvalue weighted by atomic mass is 9.92. The van der Waals surface area contributed by atoms with Gasteiger partial charge in [-0.1, -0.05) is 13.0 Å². The molecule has 1 fully saturated rings. The van der Waals surface area contributed by atoms with Crippen LogP contribution in [0.4, 0.5) is 0 Å². The number of nitrogens with two attached hydrogens (primary N) is 1. The molecule has 3 heteroatoms. The fourth-order valence-electron chi connectivity index (χ4n) is 2.54. The molecule has 0 radical (unpaired) electrons. The molecule has 2 heterocycles. The van der Waals surface area contributed by atoms with E-state index < -0.39 is 0 Å². The predicted octanol–water partition coefficient (Wildman–Crippen LogP) is 1.86. The molecule has 1 aromatic rings. The molecule has 1 aliphatic rings. The minimum atomic E-state index is 0.612. The van der Waals surface area contributed by atoms with E-state index in [2.05, 4.69) is 28.9 Å². The van der Waals surface area contributed by atoms with Crippen molar-refractivity contribution in [2.24, 2.45) is 11.7 Å². The van der Waals surface area contributed by atoms with Crippen molar-refractivity contribution in [3.8, 4) is 0 Å². The molecule has 0 aromatic carbocycles. The molecule has 3 nitrogen and oxygen atoms in total. The zero-order chi connectivity index (χ0) is 12.1. The Balaban J connectivity index is 1.82. The second-order valence-electron chi connectivity index (χ2n) is 5.17. The van der Waals surface area contributed by atoms with Crippen LogP contribution >= 0.6 is 0 Å². The van der Waals surface area contributed by atoms with E-state index in [4.69, 9.17) is 5.73 Å². The van der Waals surface area contributed by atoms with Crippen LogP contribution in [0.3, 0.4) is 0 Å². The summed E-state index contributed by atoms with van der Waals surface area (Å²) in [6, 6.07) is 6.23. The molecular formula is C14H23N3. The number of rotatable bonds is 4. The average molecular weight is 233 g/mol. The average Bonchev–Trinajstić information content (AvgIpc) is 2.40. The van der Waals surface area contributed by atoms with Gasteiger partial charge in [0.2, 0.25) is 0 Å². The molecule has 1 unspecified atom stereocenters. The van der Waals surface area contributed by atoms with Crippen LogP contribution in [0.15, 0.2) is 24.4 Å². The first-order valence-electron chi connectivity index (χ1n) is 6.63. The highest BCUT2D eigenvalue weighted by Crippen LogP contribution is 2.26. The van der Waals surface area contributed by atoms with Crippen molar-refractivity contribution in [1.29, 1.82) is 0 Å². The van der Waals surface area contributed by atoms with E-state index in [0.717, 1.165) is 13.1 Å². The molecular weight excluding hydrogens is 210 g/mol. The van der Waals surface area contributed by atoms with E-state index in [-0.39, 0.29) is 0 Å². The summed E-state index contributed by atoms with van der Waals surface area (Å²) in [6.45, 7) is 6.54. The lowest BCUT2D eigenvalue weighted by molar-refractivity contribution is 0.188. The summed E-state index contributed by atoms with van der Waals surface area (Å²) in [4.78, 5) is 7.00. The number of likely N-dealkylation sites (tertiary alicyclic amines) is 1. The Hall–Kier alpha value is -0.930. The van der Waals surface area contributed by atoms with Gasteiger partial charge in [-0.2, -0.15) is 0 Å². The third-order valence-corrected chi connectivity index (χ3v) is 3.67. The monoisotopic (exact) mass is 233 g/mol. The highest BCUT2D eigenvalue weighted by molar-refractivity contribution is 5.10. The smallest absolute Gasteiger partial charge is 0.0435 e. The topological polar surface area (TPSA) is 42.1 Å². The summed E-state index contributed by atoms with van der Waals surface area (Å²) in [6.07, 6.45) is 4.36. The second kappa shape index (κ2) is 6.12. The zero-order valence-corrected chi connectivity index (χ0v) is 10.7. The maximum atomic E-state index is 5.67. The van der Waals surface area contributed by atoms with E-state index in [0.29, 0.717) is 11.8 Å². The van der Waals surface area contributed by atoms with Gasteiger partial charge in [-0.3, -0.25) is 4.98 Å². The minimum Gasteiger partial charge on any atom is -0.330 e. The number of hydrogen-bond donors (Lipinski definition) is 1. The third kappa shape index (κ3) is 3.51. The van der Waals surface area contributed by atoms with E-state index in [1.165, 1.54) is 31.6 Å². The van der Waals surface area contributed by atoms with Crippen molar-refractivity contribution < 1.29 is 0 Å². The molecule has 2 N–H and O–H groups in total. The highest BCUT2D eigenvalue weighted by Gasteiger charge is 2.21. The van der Waals surface area contributed by atoms with Crippen LogP contribution in [0, 0.1) is 5.92 Å². The lowest BCUT2D eigenvalue weighted by Gasteiger charge is -2.33. The molecule has 1 atom stereocenters. The molecule has 1 aliphatic heterocycles. The Bertz CT molecular complexity index is 317. The van der Waals surface area contributed by atoms with Crippen LogP contribution in [0.2, 0.25) is 0 Å². The molecule has 0 bridgehead atoms. The molecule has 0 amide bonds. The SMILES string of the molecule is CC(CN)CN1CCC(c2ccccn2)CC1. The maximum absolute atomic E-state index is 5.67. The molecule has 1 saturated heterocycles. The van der Waals surface area contributed by atoms with Crippen LogP contribution in [-0.4, -0.2) is 36.1 Å². The van der Waals surface area contributed by atoms with Gasteiger partial charge in [0.15, 0.2) is 0 Å². The normalized spacial score (nSPS) is 20.4. The van der Waals surface area contributed by atoms with Gasteiger partial charge >= 0.3 is 0 Å². The second-order valence-corrected chi connectivity index (χ2v) is 5.17. The Labute approximate surface area is 104 Å². The van der Waals surface area contributed by atoms with Crippen molar-refractivity contribution >= 4 is 0 Å². The molecule has 94 valence electrons. The first kappa shape index (κ1) is 12.5. The Kier molecular flexibility index (Phi) is 4.51. The van der Waals surface area contributed by atoms with Gasteiger partial charge in [0.25, 0.3) is 0 Å². The standard InChI is InChI=1S/C14H23N3/c1-12(10-15)11-17-8-5-13(6-9-17)14-4-2-3-7-16-14/h2-4,7,12-13H,5-6,8-11,15H2,1H3. The van der Waals surface area contributed by atoms with Gasteiger partial charge in [-0.15, -0.1) is 0 Å².